The minimum absolute atomic E-state index is 0.0283. The van der Waals surface area contributed by atoms with Crippen LogP contribution in [0.3, 0.4) is 0 Å². The Hall–Kier alpha value is -2.14. The second-order valence-corrected chi connectivity index (χ2v) is 6.95. The lowest BCUT2D eigenvalue weighted by molar-refractivity contribution is 0.0727. The predicted octanol–water partition coefficient (Wildman–Crippen LogP) is 3.87. The quantitative estimate of drug-likeness (QED) is 0.906. The van der Waals surface area contributed by atoms with Crippen LogP contribution in [0.4, 0.5) is 5.69 Å². The molecular formula is C18H20N2O2S. The summed E-state index contributed by atoms with van der Waals surface area (Å²) in [6.07, 6.45) is 2.43. The molecule has 0 aliphatic heterocycles. The average Bonchev–Trinajstić information content (AvgIpc) is 3.27. The molecule has 4 nitrogen and oxygen atoms in total. The van der Waals surface area contributed by atoms with Crippen molar-refractivity contribution in [3.8, 4) is 0 Å². The van der Waals surface area contributed by atoms with Crippen molar-refractivity contribution in [1.82, 2.24) is 4.90 Å². The van der Waals surface area contributed by atoms with Gasteiger partial charge < -0.3 is 10.2 Å². The molecule has 5 heteroatoms. The molecule has 1 heterocycles. The first kappa shape index (κ1) is 15.7. The molecule has 1 saturated carbocycles. The molecular weight excluding hydrogens is 308 g/mol. The molecule has 1 aromatic heterocycles. The smallest absolute Gasteiger partial charge is 0.265 e. The Bertz CT molecular complexity index is 690. The lowest BCUT2D eigenvalue weighted by Crippen LogP contribution is -2.36. The highest BCUT2D eigenvalue weighted by Crippen LogP contribution is 2.35. The first-order chi connectivity index (χ1) is 11.1. The van der Waals surface area contributed by atoms with Gasteiger partial charge in [0.05, 0.1) is 4.88 Å². The highest BCUT2D eigenvalue weighted by molar-refractivity contribution is 7.12. The van der Waals surface area contributed by atoms with E-state index in [4.69, 9.17) is 0 Å². The van der Waals surface area contributed by atoms with E-state index in [2.05, 4.69) is 12.2 Å². The molecule has 2 amide bonds. The number of hydrogen-bond donors (Lipinski definition) is 1. The minimum atomic E-state index is -0.126. The summed E-state index contributed by atoms with van der Waals surface area (Å²) < 4.78 is 0. The van der Waals surface area contributed by atoms with E-state index >= 15 is 0 Å². The maximum atomic E-state index is 12.5. The fraction of sp³-hybridized carbons (Fsp3) is 0.333. The number of amides is 2. The lowest BCUT2D eigenvalue weighted by atomic mass is 10.1. The van der Waals surface area contributed by atoms with E-state index in [0.29, 0.717) is 22.0 Å². The summed E-state index contributed by atoms with van der Waals surface area (Å²) in [5, 5.41) is 4.71. The van der Waals surface area contributed by atoms with E-state index in [9.17, 15) is 9.59 Å². The Morgan fingerprint density at radius 2 is 1.91 bits per heavy atom. The standard InChI is InChI=1S/C18H20N2O2S/c1-12(13-5-6-13)20(2)18(22)14-7-9-15(10-8-14)19-17(21)16-4-3-11-23-16/h3-4,7-13H,5-6H2,1-2H3,(H,19,21)/t12-/m0/s1. The van der Waals surface area contributed by atoms with Crippen LogP contribution in [0.1, 0.15) is 39.8 Å². The molecule has 0 saturated heterocycles. The number of nitrogens with zero attached hydrogens (tertiary/aromatic N) is 1. The number of hydrogen-bond acceptors (Lipinski definition) is 3. The molecule has 120 valence electrons. The van der Waals surface area contributed by atoms with Gasteiger partial charge in [0.15, 0.2) is 0 Å². The average molecular weight is 328 g/mol. The Kier molecular flexibility index (Phi) is 4.48. The molecule has 1 aliphatic carbocycles. The monoisotopic (exact) mass is 328 g/mol. The SMILES string of the molecule is C[C@@H](C1CC1)N(C)C(=O)c1ccc(NC(=O)c2cccs2)cc1. The van der Waals surface area contributed by atoms with E-state index in [1.807, 2.05) is 23.4 Å². The van der Waals surface area contributed by atoms with E-state index in [1.54, 1.807) is 30.3 Å². The lowest BCUT2D eigenvalue weighted by Gasteiger charge is -2.25. The van der Waals surface area contributed by atoms with Gasteiger partial charge in [-0.3, -0.25) is 9.59 Å². The summed E-state index contributed by atoms with van der Waals surface area (Å²) in [6, 6.07) is 11.0. The van der Waals surface area contributed by atoms with Crippen LogP contribution < -0.4 is 5.32 Å². The maximum Gasteiger partial charge on any atom is 0.265 e. The zero-order valence-corrected chi connectivity index (χ0v) is 14.1. The number of anilines is 1. The van der Waals surface area contributed by atoms with E-state index in [1.165, 1.54) is 24.2 Å². The molecule has 2 aromatic rings. The molecule has 3 rings (SSSR count). The molecule has 1 N–H and O–H groups in total. The van der Waals surface area contributed by atoms with Crippen LogP contribution in [0.25, 0.3) is 0 Å². The van der Waals surface area contributed by atoms with Gasteiger partial charge in [0, 0.05) is 24.3 Å². The Labute approximate surface area is 140 Å². The minimum Gasteiger partial charge on any atom is -0.339 e. The van der Waals surface area contributed by atoms with Crippen molar-refractivity contribution in [2.75, 3.05) is 12.4 Å². The summed E-state index contributed by atoms with van der Waals surface area (Å²) in [7, 11) is 1.86. The maximum absolute atomic E-state index is 12.5. The molecule has 1 aromatic carbocycles. The molecule has 1 fully saturated rings. The first-order valence-corrected chi connectivity index (χ1v) is 8.66. The molecule has 0 bridgehead atoms. The van der Waals surface area contributed by atoms with Gasteiger partial charge in [-0.15, -0.1) is 11.3 Å². The third-order valence-corrected chi connectivity index (χ3v) is 5.24. The van der Waals surface area contributed by atoms with Crippen molar-refractivity contribution in [2.24, 2.45) is 5.92 Å². The predicted molar refractivity (Wildman–Crippen MR) is 93.0 cm³/mol. The highest BCUT2D eigenvalue weighted by Gasteiger charge is 2.32. The van der Waals surface area contributed by atoms with Crippen molar-refractivity contribution >= 4 is 28.8 Å². The largest absolute Gasteiger partial charge is 0.339 e. The number of carbonyl (C=O) groups is 2. The third-order valence-electron chi connectivity index (χ3n) is 4.37. The Morgan fingerprint density at radius 1 is 1.22 bits per heavy atom. The number of carbonyl (C=O) groups excluding carboxylic acids is 2. The second kappa shape index (κ2) is 6.54. The van der Waals surface area contributed by atoms with Crippen LogP contribution in [0, 0.1) is 5.92 Å². The summed E-state index contributed by atoms with van der Waals surface area (Å²) in [5.41, 5.74) is 1.34. The fourth-order valence-electron chi connectivity index (χ4n) is 2.58. The van der Waals surface area contributed by atoms with Crippen LogP contribution in [0.2, 0.25) is 0 Å². The van der Waals surface area contributed by atoms with E-state index in [0.717, 1.165) is 0 Å². The van der Waals surface area contributed by atoms with Crippen molar-refractivity contribution in [3.05, 3.63) is 52.2 Å². The normalized spacial score (nSPS) is 15.0. The van der Waals surface area contributed by atoms with Gasteiger partial charge in [0.1, 0.15) is 0 Å². The van der Waals surface area contributed by atoms with Crippen LogP contribution >= 0.6 is 11.3 Å². The first-order valence-electron chi connectivity index (χ1n) is 7.78. The second-order valence-electron chi connectivity index (χ2n) is 6.00. The third kappa shape index (κ3) is 3.62. The summed E-state index contributed by atoms with van der Waals surface area (Å²) >= 11 is 1.40. The van der Waals surface area contributed by atoms with Crippen LogP contribution in [-0.4, -0.2) is 29.8 Å². The van der Waals surface area contributed by atoms with E-state index < -0.39 is 0 Å². The number of rotatable bonds is 5. The van der Waals surface area contributed by atoms with Gasteiger partial charge in [0.25, 0.3) is 11.8 Å². The molecule has 0 spiro atoms. The van der Waals surface area contributed by atoms with Gasteiger partial charge in [-0.1, -0.05) is 6.07 Å². The van der Waals surface area contributed by atoms with Crippen LogP contribution in [0.15, 0.2) is 41.8 Å². The van der Waals surface area contributed by atoms with Crippen molar-refractivity contribution in [3.63, 3.8) is 0 Å². The highest BCUT2D eigenvalue weighted by atomic mass is 32.1. The number of thiophene rings is 1. The molecule has 1 aliphatic rings. The van der Waals surface area contributed by atoms with Gasteiger partial charge >= 0.3 is 0 Å². The summed E-state index contributed by atoms with van der Waals surface area (Å²) in [6.45, 7) is 2.10. The topological polar surface area (TPSA) is 49.4 Å². The summed E-state index contributed by atoms with van der Waals surface area (Å²) in [5.74, 6) is 0.549. The van der Waals surface area contributed by atoms with Crippen molar-refractivity contribution in [2.45, 2.75) is 25.8 Å². The zero-order valence-electron chi connectivity index (χ0n) is 13.3. The molecule has 0 unspecified atom stereocenters. The van der Waals surface area contributed by atoms with Gasteiger partial charge in [-0.05, 0) is 61.4 Å². The molecule has 1 atom stereocenters. The summed E-state index contributed by atoms with van der Waals surface area (Å²) in [4.78, 5) is 27.0. The van der Waals surface area contributed by atoms with E-state index in [-0.39, 0.29) is 17.9 Å². The number of benzene rings is 1. The molecule has 23 heavy (non-hydrogen) atoms. The van der Waals surface area contributed by atoms with Gasteiger partial charge in [-0.25, -0.2) is 0 Å². The van der Waals surface area contributed by atoms with Gasteiger partial charge in [0.2, 0.25) is 0 Å². The fourth-order valence-corrected chi connectivity index (χ4v) is 3.20. The number of nitrogens with one attached hydrogen (secondary N) is 1. The van der Waals surface area contributed by atoms with Crippen LogP contribution in [-0.2, 0) is 0 Å². The van der Waals surface area contributed by atoms with Crippen molar-refractivity contribution < 1.29 is 9.59 Å². The molecule has 0 radical (unpaired) electrons. The van der Waals surface area contributed by atoms with Gasteiger partial charge in [-0.2, -0.15) is 0 Å². The zero-order chi connectivity index (χ0) is 16.4. The Balaban J connectivity index is 1.64. The van der Waals surface area contributed by atoms with Crippen LogP contribution in [0.5, 0.6) is 0 Å². The Morgan fingerprint density at radius 3 is 2.48 bits per heavy atom. The van der Waals surface area contributed by atoms with Crippen molar-refractivity contribution in [1.29, 1.82) is 0 Å².